The zero-order chi connectivity index (χ0) is 14.4. The molecule has 5 nitrogen and oxygen atoms in total. The summed E-state index contributed by atoms with van der Waals surface area (Å²) in [4.78, 5) is 26.9. The van der Waals surface area contributed by atoms with Crippen molar-refractivity contribution in [2.45, 2.75) is 33.6 Å². The molecular weight excluding hydrogens is 244 g/mol. The largest absolute Gasteiger partial charge is 0.481 e. The number of carboxylic acid groups (broad SMARTS) is 1. The van der Waals surface area contributed by atoms with Gasteiger partial charge in [-0.2, -0.15) is 0 Å². The Hall–Kier alpha value is -1.10. The van der Waals surface area contributed by atoms with Crippen LogP contribution >= 0.6 is 0 Å². The fraction of sp³-hybridized carbons (Fsp3) is 0.857. The van der Waals surface area contributed by atoms with Gasteiger partial charge < -0.3 is 14.9 Å². The summed E-state index contributed by atoms with van der Waals surface area (Å²) in [5, 5.41) is 9.06. The summed E-state index contributed by atoms with van der Waals surface area (Å²) in [5.74, 6) is -0.546. The zero-order valence-corrected chi connectivity index (χ0v) is 12.3. The van der Waals surface area contributed by atoms with E-state index < -0.39 is 5.97 Å². The zero-order valence-electron chi connectivity index (χ0n) is 12.3. The molecule has 0 saturated carbocycles. The molecule has 1 N–H and O–H groups in total. The van der Waals surface area contributed by atoms with Gasteiger partial charge in [0, 0.05) is 32.6 Å². The van der Waals surface area contributed by atoms with Crippen LogP contribution in [0.2, 0.25) is 0 Å². The molecule has 1 fully saturated rings. The molecule has 0 aromatic carbocycles. The first-order chi connectivity index (χ1) is 8.99. The van der Waals surface area contributed by atoms with E-state index in [0.717, 1.165) is 32.6 Å². The average Bonchev–Trinajstić information content (AvgIpc) is 2.72. The predicted octanol–water partition coefficient (Wildman–Crippen LogP) is 1.29. The first-order valence-electron chi connectivity index (χ1n) is 7.22. The maximum atomic E-state index is 11.8. The first kappa shape index (κ1) is 16.0. The van der Waals surface area contributed by atoms with E-state index in [2.05, 4.69) is 4.90 Å². The van der Waals surface area contributed by atoms with Crippen molar-refractivity contribution in [3.8, 4) is 0 Å². The van der Waals surface area contributed by atoms with Crippen molar-refractivity contribution in [3.63, 3.8) is 0 Å². The summed E-state index contributed by atoms with van der Waals surface area (Å²) in [6.07, 6.45) is 1.37. The maximum absolute atomic E-state index is 11.8. The fourth-order valence-corrected chi connectivity index (χ4v) is 2.76. The third-order valence-corrected chi connectivity index (χ3v) is 3.99. The highest BCUT2D eigenvalue weighted by atomic mass is 16.4. The molecule has 1 saturated heterocycles. The number of aliphatic carboxylic acids is 1. The van der Waals surface area contributed by atoms with Crippen LogP contribution in [-0.2, 0) is 9.59 Å². The molecule has 0 bridgehead atoms. The van der Waals surface area contributed by atoms with Gasteiger partial charge in [0.25, 0.3) is 0 Å². The summed E-state index contributed by atoms with van der Waals surface area (Å²) in [6.45, 7) is 9.75. The van der Waals surface area contributed by atoms with Gasteiger partial charge in [-0.1, -0.05) is 6.92 Å². The van der Waals surface area contributed by atoms with Crippen molar-refractivity contribution >= 4 is 11.9 Å². The van der Waals surface area contributed by atoms with Crippen molar-refractivity contribution in [2.75, 3.05) is 32.7 Å². The second kappa shape index (κ2) is 7.48. The van der Waals surface area contributed by atoms with Crippen LogP contribution in [0.1, 0.15) is 33.6 Å². The minimum atomic E-state index is -0.700. The molecule has 0 aliphatic carbocycles. The molecule has 5 heteroatoms. The van der Waals surface area contributed by atoms with E-state index in [4.69, 9.17) is 5.11 Å². The Balaban J connectivity index is 2.27. The Bertz CT molecular complexity index is 316. The molecule has 1 amide bonds. The molecule has 2 unspecified atom stereocenters. The maximum Gasteiger partial charge on any atom is 0.308 e. The summed E-state index contributed by atoms with van der Waals surface area (Å²) in [5.41, 5.74) is 0. The minimum absolute atomic E-state index is 0.201. The second-order valence-electron chi connectivity index (χ2n) is 5.35. The number of amides is 1. The van der Waals surface area contributed by atoms with Crippen molar-refractivity contribution in [1.82, 2.24) is 9.80 Å². The molecule has 1 rings (SSSR count). The fourth-order valence-electron chi connectivity index (χ4n) is 2.76. The molecule has 19 heavy (non-hydrogen) atoms. The molecule has 1 aliphatic heterocycles. The Morgan fingerprint density at radius 2 is 1.89 bits per heavy atom. The lowest BCUT2D eigenvalue weighted by atomic mass is 9.99. The van der Waals surface area contributed by atoms with Gasteiger partial charge in [-0.3, -0.25) is 9.59 Å². The lowest BCUT2D eigenvalue weighted by Crippen LogP contribution is -2.31. The molecule has 1 heterocycles. The third-order valence-electron chi connectivity index (χ3n) is 3.99. The van der Waals surface area contributed by atoms with Crippen LogP contribution in [0.15, 0.2) is 0 Å². The quantitative estimate of drug-likeness (QED) is 0.757. The Kier molecular flexibility index (Phi) is 6.28. The molecule has 1 aliphatic rings. The topological polar surface area (TPSA) is 60.9 Å². The highest BCUT2D eigenvalue weighted by molar-refractivity contribution is 5.76. The van der Waals surface area contributed by atoms with E-state index in [1.54, 1.807) is 0 Å². The summed E-state index contributed by atoms with van der Waals surface area (Å²) in [6, 6.07) is 0. The van der Waals surface area contributed by atoms with Crippen LogP contribution < -0.4 is 0 Å². The molecular formula is C14H26N2O3. The number of hydrogen-bond donors (Lipinski definition) is 1. The van der Waals surface area contributed by atoms with Gasteiger partial charge in [0.05, 0.1) is 5.92 Å². The van der Waals surface area contributed by atoms with E-state index in [1.165, 1.54) is 0 Å². The number of carbonyl (C=O) groups excluding carboxylic acids is 1. The normalized spacial score (nSPS) is 23.5. The minimum Gasteiger partial charge on any atom is -0.481 e. The highest BCUT2D eigenvalue weighted by Gasteiger charge is 2.34. The molecule has 0 aromatic heterocycles. The number of carbonyl (C=O) groups is 2. The van der Waals surface area contributed by atoms with Crippen LogP contribution in [0.3, 0.4) is 0 Å². The van der Waals surface area contributed by atoms with E-state index in [0.29, 0.717) is 13.0 Å². The summed E-state index contributed by atoms with van der Waals surface area (Å²) >= 11 is 0. The van der Waals surface area contributed by atoms with Gasteiger partial charge in [-0.05, 0) is 32.7 Å². The van der Waals surface area contributed by atoms with E-state index in [1.807, 2.05) is 25.7 Å². The highest BCUT2D eigenvalue weighted by Crippen LogP contribution is 2.23. The van der Waals surface area contributed by atoms with Crippen LogP contribution in [0, 0.1) is 11.8 Å². The SMILES string of the molecule is CCN(CC)C(=O)CCCN1CC(C)C(C(=O)O)C1. The lowest BCUT2D eigenvalue weighted by Gasteiger charge is -2.20. The van der Waals surface area contributed by atoms with Crippen LogP contribution in [0.4, 0.5) is 0 Å². The molecule has 0 aromatic rings. The molecule has 110 valence electrons. The lowest BCUT2D eigenvalue weighted by molar-refractivity contribution is -0.142. The molecule has 0 radical (unpaired) electrons. The smallest absolute Gasteiger partial charge is 0.308 e. The number of nitrogens with zero attached hydrogens (tertiary/aromatic N) is 2. The van der Waals surface area contributed by atoms with Gasteiger partial charge in [-0.15, -0.1) is 0 Å². The van der Waals surface area contributed by atoms with E-state index >= 15 is 0 Å². The van der Waals surface area contributed by atoms with Gasteiger partial charge in [0.1, 0.15) is 0 Å². The number of likely N-dealkylation sites (tertiary alicyclic amines) is 1. The Morgan fingerprint density at radius 1 is 1.26 bits per heavy atom. The van der Waals surface area contributed by atoms with Crippen molar-refractivity contribution in [3.05, 3.63) is 0 Å². The predicted molar refractivity (Wildman–Crippen MR) is 73.9 cm³/mol. The van der Waals surface area contributed by atoms with Gasteiger partial charge in [0.15, 0.2) is 0 Å². The number of hydrogen-bond acceptors (Lipinski definition) is 3. The average molecular weight is 270 g/mol. The first-order valence-corrected chi connectivity index (χ1v) is 7.22. The van der Waals surface area contributed by atoms with Gasteiger partial charge in [-0.25, -0.2) is 0 Å². The number of rotatable bonds is 7. The van der Waals surface area contributed by atoms with Gasteiger partial charge in [0.2, 0.25) is 5.91 Å². The molecule has 2 atom stereocenters. The van der Waals surface area contributed by atoms with Crippen LogP contribution in [0.5, 0.6) is 0 Å². The molecule has 0 spiro atoms. The third kappa shape index (κ3) is 4.49. The number of carboxylic acids is 1. The Morgan fingerprint density at radius 3 is 2.37 bits per heavy atom. The standard InChI is InChI=1S/C14H26N2O3/c1-4-16(5-2)13(17)7-6-8-15-9-11(3)12(10-15)14(18)19/h11-12H,4-10H2,1-3H3,(H,18,19). The Labute approximate surface area is 115 Å². The van der Waals surface area contributed by atoms with Crippen molar-refractivity contribution < 1.29 is 14.7 Å². The monoisotopic (exact) mass is 270 g/mol. The summed E-state index contributed by atoms with van der Waals surface area (Å²) < 4.78 is 0. The van der Waals surface area contributed by atoms with Crippen LogP contribution in [-0.4, -0.2) is 59.5 Å². The summed E-state index contributed by atoms with van der Waals surface area (Å²) in [7, 11) is 0. The second-order valence-corrected chi connectivity index (χ2v) is 5.35. The van der Waals surface area contributed by atoms with Gasteiger partial charge >= 0.3 is 5.97 Å². The van der Waals surface area contributed by atoms with Crippen LogP contribution in [0.25, 0.3) is 0 Å². The van der Waals surface area contributed by atoms with E-state index in [-0.39, 0.29) is 17.7 Å². The van der Waals surface area contributed by atoms with E-state index in [9.17, 15) is 9.59 Å². The van der Waals surface area contributed by atoms with Crippen molar-refractivity contribution in [2.24, 2.45) is 11.8 Å². The van der Waals surface area contributed by atoms with Crippen molar-refractivity contribution in [1.29, 1.82) is 0 Å².